The number of likely N-dealkylation sites (tertiary alicyclic amines) is 1. The molecule has 0 N–H and O–H groups in total. The second-order valence-corrected chi connectivity index (χ2v) is 5.72. The van der Waals surface area contributed by atoms with E-state index in [1.807, 2.05) is 17.0 Å². The highest BCUT2D eigenvalue weighted by atomic mass is 79.9. The summed E-state index contributed by atoms with van der Waals surface area (Å²) in [4.78, 5) is 14.0. The molecule has 1 heterocycles. The fraction of sp³-hybridized carbons (Fsp3) is 0.462. The van der Waals surface area contributed by atoms with Crippen molar-refractivity contribution in [2.45, 2.75) is 18.9 Å². The Hall–Kier alpha value is -0.580. The zero-order valence-electron chi connectivity index (χ0n) is 10.2. The van der Waals surface area contributed by atoms with Crippen LogP contribution in [0.15, 0.2) is 22.7 Å². The maximum absolute atomic E-state index is 12.1. The lowest BCUT2D eigenvalue weighted by Crippen LogP contribution is -2.31. The van der Waals surface area contributed by atoms with Crippen LogP contribution in [0.1, 0.15) is 12.0 Å². The van der Waals surface area contributed by atoms with E-state index in [4.69, 9.17) is 16.3 Å². The molecule has 1 aliphatic rings. The molecular weight excluding hydrogens is 318 g/mol. The Morgan fingerprint density at radius 1 is 1.61 bits per heavy atom. The molecule has 0 saturated carbocycles. The van der Waals surface area contributed by atoms with Gasteiger partial charge in [0, 0.05) is 29.7 Å². The molecule has 1 aliphatic heterocycles. The summed E-state index contributed by atoms with van der Waals surface area (Å²) < 4.78 is 6.19. The van der Waals surface area contributed by atoms with Crippen molar-refractivity contribution < 1.29 is 9.53 Å². The van der Waals surface area contributed by atoms with E-state index >= 15 is 0 Å². The molecule has 98 valence electrons. The minimum absolute atomic E-state index is 0.106. The van der Waals surface area contributed by atoms with E-state index in [2.05, 4.69) is 15.9 Å². The molecule has 1 saturated heterocycles. The number of ether oxygens (including phenoxy) is 1. The van der Waals surface area contributed by atoms with Gasteiger partial charge in [-0.05, 0) is 30.2 Å². The van der Waals surface area contributed by atoms with E-state index in [0.29, 0.717) is 18.0 Å². The minimum atomic E-state index is 0.106. The highest BCUT2D eigenvalue weighted by molar-refractivity contribution is 9.10. The van der Waals surface area contributed by atoms with Crippen LogP contribution in [0.5, 0.6) is 0 Å². The van der Waals surface area contributed by atoms with Gasteiger partial charge in [0.2, 0.25) is 5.91 Å². The molecule has 1 amide bonds. The fourth-order valence-electron chi connectivity index (χ4n) is 2.10. The summed E-state index contributed by atoms with van der Waals surface area (Å²) in [6.07, 6.45) is 1.43. The largest absolute Gasteiger partial charge is 0.380 e. The number of amides is 1. The van der Waals surface area contributed by atoms with Gasteiger partial charge in [-0.3, -0.25) is 4.79 Å². The van der Waals surface area contributed by atoms with Crippen LogP contribution in [0.2, 0.25) is 5.02 Å². The number of carbonyl (C=O) groups is 1. The number of hydrogen-bond acceptors (Lipinski definition) is 2. The first-order chi connectivity index (χ1) is 8.60. The first-order valence-corrected chi connectivity index (χ1v) is 7.01. The predicted octanol–water partition coefficient (Wildman–Crippen LogP) is 2.89. The second kappa shape index (κ2) is 6.04. The summed E-state index contributed by atoms with van der Waals surface area (Å²) in [5.41, 5.74) is 0.858. The Bertz CT molecular complexity index is 453. The Balaban J connectivity index is 2.01. The summed E-state index contributed by atoms with van der Waals surface area (Å²) >= 11 is 9.47. The van der Waals surface area contributed by atoms with Gasteiger partial charge < -0.3 is 9.64 Å². The quantitative estimate of drug-likeness (QED) is 0.852. The topological polar surface area (TPSA) is 29.5 Å². The number of benzene rings is 1. The molecule has 1 atom stereocenters. The molecule has 3 nitrogen and oxygen atoms in total. The van der Waals surface area contributed by atoms with Gasteiger partial charge in [-0.1, -0.05) is 27.5 Å². The lowest BCUT2D eigenvalue weighted by atomic mass is 10.1. The van der Waals surface area contributed by atoms with Crippen molar-refractivity contribution in [3.63, 3.8) is 0 Å². The number of hydrogen-bond donors (Lipinski definition) is 0. The van der Waals surface area contributed by atoms with Crippen LogP contribution in [0.4, 0.5) is 0 Å². The first-order valence-electron chi connectivity index (χ1n) is 5.84. The van der Waals surface area contributed by atoms with E-state index < -0.39 is 0 Å². The Labute approximate surface area is 120 Å². The van der Waals surface area contributed by atoms with Gasteiger partial charge in [-0.2, -0.15) is 0 Å². The molecule has 0 aromatic heterocycles. The van der Waals surface area contributed by atoms with E-state index in [9.17, 15) is 4.79 Å². The predicted molar refractivity (Wildman–Crippen MR) is 74.9 cm³/mol. The molecule has 1 fully saturated rings. The number of halogens is 2. The average Bonchev–Trinajstić information content (AvgIpc) is 2.82. The van der Waals surface area contributed by atoms with Crippen LogP contribution in [0, 0.1) is 0 Å². The van der Waals surface area contributed by atoms with E-state index in [1.165, 1.54) is 0 Å². The van der Waals surface area contributed by atoms with Crippen LogP contribution >= 0.6 is 27.5 Å². The Morgan fingerprint density at radius 3 is 3.06 bits per heavy atom. The molecule has 0 aliphatic carbocycles. The Kier molecular flexibility index (Phi) is 4.65. The van der Waals surface area contributed by atoms with Gasteiger partial charge in [-0.25, -0.2) is 0 Å². The lowest BCUT2D eigenvalue weighted by molar-refractivity contribution is -0.129. The lowest BCUT2D eigenvalue weighted by Gasteiger charge is -2.16. The number of carbonyl (C=O) groups excluding carboxylic acids is 1. The maximum Gasteiger partial charge on any atom is 0.227 e. The van der Waals surface area contributed by atoms with Crippen molar-refractivity contribution in [2.24, 2.45) is 0 Å². The van der Waals surface area contributed by atoms with Crippen LogP contribution < -0.4 is 0 Å². The molecule has 1 aromatic carbocycles. The number of rotatable bonds is 3. The molecule has 0 spiro atoms. The third-order valence-electron chi connectivity index (χ3n) is 3.18. The normalized spacial score (nSPS) is 19.3. The number of methoxy groups -OCH3 is 1. The summed E-state index contributed by atoms with van der Waals surface area (Å²) in [6.45, 7) is 1.45. The third-order valence-corrected chi connectivity index (χ3v) is 4.04. The van der Waals surface area contributed by atoms with Gasteiger partial charge in [0.15, 0.2) is 0 Å². The van der Waals surface area contributed by atoms with Crippen LogP contribution in [0.3, 0.4) is 0 Å². The third kappa shape index (κ3) is 3.25. The van der Waals surface area contributed by atoms with Crippen molar-refractivity contribution in [1.82, 2.24) is 4.90 Å². The van der Waals surface area contributed by atoms with Gasteiger partial charge in [0.05, 0.1) is 12.5 Å². The van der Waals surface area contributed by atoms with E-state index in [0.717, 1.165) is 23.0 Å². The second-order valence-electron chi connectivity index (χ2n) is 4.40. The number of nitrogens with zero attached hydrogens (tertiary/aromatic N) is 1. The van der Waals surface area contributed by atoms with Crippen LogP contribution in [-0.2, 0) is 16.0 Å². The van der Waals surface area contributed by atoms with Gasteiger partial charge in [0.1, 0.15) is 0 Å². The van der Waals surface area contributed by atoms with E-state index in [1.54, 1.807) is 13.2 Å². The molecule has 0 bridgehead atoms. The van der Waals surface area contributed by atoms with Gasteiger partial charge >= 0.3 is 0 Å². The fourth-order valence-corrected chi connectivity index (χ4v) is 2.69. The van der Waals surface area contributed by atoms with Crippen molar-refractivity contribution in [3.05, 3.63) is 33.3 Å². The Morgan fingerprint density at radius 2 is 2.39 bits per heavy atom. The summed E-state index contributed by atoms with van der Waals surface area (Å²) in [6, 6.07) is 5.56. The molecule has 0 radical (unpaired) electrons. The maximum atomic E-state index is 12.1. The summed E-state index contributed by atoms with van der Waals surface area (Å²) in [7, 11) is 1.68. The zero-order chi connectivity index (χ0) is 13.1. The van der Waals surface area contributed by atoms with Crippen molar-refractivity contribution in [3.8, 4) is 0 Å². The molecule has 18 heavy (non-hydrogen) atoms. The van der Waals surface area contributed by atoms with Crippen LogP contribution in [-0.4, -0.2) is 37.1 Å². The van der Waals surface area contributed by atoms with Crippen molar-refractivity contribution in [1.29, 1.82) is 0 Å². The average molecular weight is 333 g/mol. The first kappa shape index (κ1) is 13.8. The monoisotopic (exact) mass is 331 g/mol. The highest BCUT2D eigenvalue weighted by Gasteiger charge is 2.26. The molecule has 0 unspecified atom stereocenters. The highest BCUT2D eigenvalue weighted by Crippen LogP contribution is 2.22. The van der Waals surface area contributed by atoms with E-state index in [-0.39, 0.29) is 12.0 Å². The SMILES string of the molecule is CO[C@H]1CCN(C(=O)Cc2cc(Br)ccc2Cl)C1. The minimum Gasteiger partial charge on any atom is -0.380 e. The van der Waals surface area contributed by atoms with Gasteiger partial charge in [-0.15, -0.1) is 0 Å². The molecule has 5 heteroatoms. The molecule has 2 rings (SSSR count). The molecular formula is C13H15BrClNO2. The molecule has 1 aromatic rings. The smallest absolute Gasteiger partial charge is 0.227 e. The van der Waals surface area contributed by atoms with Gasteiger partial charge in [0.25, 0.3) is 0 Å². The van der Waals surface area contributed by atoms with Crippen molar-refractivity contribution in [2.75, 3.05) is 20.2 Å². The van der Waals surface area contributed by atoms with Crippen LogP contribution in [0.25, 0.3) is 0 Å². The summed E-state index contributed by atoms with van der Waals surface area (Å²) in [5, 5.41) is 0.633. The summed E-state index contributed by atoms with van der Waals surface area (Å²) in [5.74, 6) is 0.106. The van der Waals surface area contributed by atoms with Crippen molar-refractivity contribution >= 4 is 33.4 Å². The zero-order valence-corrected chi connectivity index (χ0v) is 12.5. The standard InChI is InChI=1S/C13H15BrClNO2/c1-18-11-4-5-16(8-11)13(17)7-9-6-10(14)2-3-12(9)15/h2-3,6,11H,4-5,7-8H2,1H3/t11-/m0/s1.